The molecule has 5 heteroatoms. The van der Waals surface area contributed by atoms with Gasteiger partial charge in [0.2, 0.25) is 0 Å². The molecule has 18 heavy (non-hydrogen) atoms. The smallest absolute Gasteiger partial charge is 0.271 e. The summed E-state index contributed by atoms with van der Waals surface area (Å²) in [6, 6.07) is 2.46. The van der Waals surface area contributed by atoms with Gasteiger partial charge in [-0.3, -0.25) is 9.89 Å². The molecule has 0 spiro atoms. The Morgan fingerprint density at radius 1 is 1.61 bits per heavy atom. The van der Waals surface area contributed by atoms with Gasteiger partial charge in [-0.15, -0.1) is 0 Å². The highest BCUT2D eigenvalue weighted by Gasteiger charge is 2.24. The summed E-state index contributed by atoms with van der Waals surface area (Å²) in [7, 11) is 1.62. The van der Waals surface area contributed by atoms with E-state index >= 15 is 0 Å². The maximum absolute atomic E-state index is 11.5. The summed E-state index contributed by atoms with van der Waals surface area (Å²) in [4.78, 5) is 14.0. The van der Waals surface area contributed by atoms with E-state index < -0.39 is 0 Å². The van der Waals surface area contributed by atoms with Crippen LogP contribution in [0.15, 0.2) is 6.07 Å². The van der Waals surface area contributed by atoms with Crippen molar-refractivity contribution in [1.29, 1.82) is 0 Å². The lowest BCUT2D eigenvalue weighted by molar-refractivity contribution is 0.0958. The fraction of sp³-hybridized carbons (Fsp3) is 0.692. The number of aromatic amines is 1. The highest BCUT2D eigenvalue weighted by Crippen LogP contribution is 2.26. The molecule has 1 aromatic rings. The van der Waals surface area contributed by atoms with Crippen LogP contribution in [-0.2, 0) is 0 Å². The van der Waals surface area contributed by atoms with E-state index in [9.17, 15) is 4.79 Å². The van der Waals surface area contributed by atoms with E-state index in [-0.39, 0.29) is 5.91 Å². The zero-order valence-electron chi connectivity index (χ0n) is 11.4. The molecule has 1 aromatic heterocycles. The average Bonchev–Trinajstić information content (AvgIpc) is 2.87. The van der Waals surface area contributed by atoms with Gasteiger partial charge in [0.15, 0.2) is 0 Å². The molecule has 1 amide bonds. The van der Waals surface area contributed by atoms with Crippen LogP contribution >= 0.6 is 0 Å². The molecule has 100 valence electrons. The normalized spacial score (nSPS) is 21.2. The van der Waals surface area contributed by atoms with Gasteiger partial charge < -0.3 is 10.2 Å². The van der Waals surface area contributed by atoms with Crippen molar-refractivity contribution in [3.63, 3.8) is 0 Å². The molecule has 1 fully saturated rings. The Hall–Kier alpha value is -1.36. The summed E-state index contributed by atoms with van der Waals surface area (Å²) in [6.07, 6.45) is 2.37. The fourth-order valence-electron chi connectivity index (χ4n) is 2.52. The van der Waals surface area contributed by atoms with Gasteiger partial charge in [-0.1, -0.05) is 0 Å². The molecule has 2 rings (SSSR count). The van der Waals surface area contributed by atoms with E-state index in [1.807, 2.05) is 6.07 Å². The average molecular weight is 250 g/mol. The number of H-pyrrole nitrogens is 1. The molecule has 2 heterocycles. The Balaban J connectivity index is 2.07. The molecule has 1 atom stereocenters. The minimum atomic E-state index is -0.131. The third-order valence-electron chi connectivity index (χ3n) is 3.68. The van der Waals surface area contributed by atoms with Gasteiger partial charge in [0, 0.05) is 31.2 Å². The summed E-state index contributed by atoms with van der Waals surface area (Å²) >= 11 is 0. The predicted octanol–water partition coefficient (Wildman–Crippen LogP) is 1.36. The highest BCUT2D eigenvalue weighted by atomic mass is 16.1. The lowest BCUT2D eigenvalue weighted by Gasteiger charge is -2.34. The van der Waals surface area contributed by atoms with Crippen LogP contribution in [0, 0.1) is 0 Å². The Kier molecular flexibility index (Phi) is 4.01. The molecule has 1 saturated heterocycles. The predicted molar refractivity (Wildman–Crippen MR) is 70.7 cm³/mol. The second kappa shape index (κ2) is 5.52. The summed E-state index contributed by atoms with van der Waals surface area (Å²) in [5, 5.41) is 9.68. The quantitative estimate of drug-likeness (QED) is 0.851. The Bertz CT molecular complexity index is 413. The maximum atomic E-state index is 11.5. The lowest BCUT2D eigenvalue weighted by atomic mass is 9.94. The van der Waals surface area contributed by atoms with Gasteiger partial charge >= 0.3 is 0 Å². The minimum absolute atomic E-state index is 0.131. The summed E-state index contributed by atoms with van der Waals surface area (Å²) in [5.41, 5.74) is 1.56. The number of nitrogens with one attached hydrogen (secondary N) is 2. The van der Waals surface area contributed by atoms with Crippen LogP contribution < -0.4 is 5.32 Å². The lowest BCUT2D eigenvalue weighted by Crippen LogP contribution is -2.39. The van der Waals surface area contributed by atoms with Crippen molar-refractivity contribution in [2.75, 3.05) is 20.1 Å². The Morgan fingerprint density at radius 2 is 2.39 bits per heavy atom. The Morgan fingerprint density at radius 3 is 3.06 bits per heavy atom. The molecular formula is C13H22N4O. The van der Waals surface area contributed by atoms with Crippen LogP contribution in [0.25, 0.3) is 0 Å². The summed E-state index contributed by atoms with van der Waals surface area (Å²) in [5.74, 6) is 0.334. The molecule has 0 bridgehead atoms. The first-order valence-corrected chi connectivity index (χ1v) is 6.63. The van der Waals surface area contributed by atoms with Crippen LogP contribution in [0.1, 0.15) is 48.8 Å². The molecule has 1 aliphatic heterocycles. The van der Waals surface area contributed by atoms with Crippen molar-refractivity contribution >= 4 is 5.91 Å². The number of amides is 1. The van der Waals surface area contributed by atoms with Crippen molar-refractivity contribution in [3.05, 3.63) is 17.5 Å². The molecule has 5 nitrogen and oxygen atoms in total. The highest BCUT2D eigenvalue weighted by molar-refractivity contribution is 5.92. The number of rotatable bonds is 3. The number of hydrogen-bond donors (Lipinski definition) is 2. The van der Waals surface area contributed by atoms with E-state index in [2.05, 4.69) is 34.3 Å². The van der Waals surface area contributed by atoms with Crippen LogP contribution in [0.3, 0.4) is 0 Å². The van der Waals surface area contributed by atoms with E-state index in [1.54, 1.807) is 7.05 Å². The van der Waals surface area contributed by atoms with E-state index in [0.717, 1.165) is 12.2 Å². The first kappa shape index (κ1) is 13.1. The number of aromatic nitrogens is 2. The van der Waals surface area contributed by atoms with Gasteiger partial charge in [-0.05, 0) is 39.3 Å². The van der Waals surface area contributed by atoms with Crippen molar-refractivity contribution in [3.8, 4) is 0 Å². The van der Waals surface area contributed by atoms with Gasteiger partial charge in [0.05, 0.1) is 0 Å². The third kappa shape index (κ3) is 2.72. The van der Waals surface area contributed by atoms with Crippen LogP contribution in [0.4, 0.5) is 0 Å². The Labute approximate surface area is 108 Å². The topological polar surface area (TPSA) is 61.0 Å². The van der Waals surface area contributed by atoms with Gasteiger partial charge in [0.1, 0.15) is 5.69 Å². The van der Waals surface area contributed by atoms with Crippen LogP contribution in [-0.4, -0.2) is 47.2 Å². The molecule has 0 radical (unpaired) electrons. The van der Waals surface area contributed by atoms with Crippen molar-refractivity contribution < 1.29 is 4.79 Å². The number of hydrogen-bond acceptors (Lipinski definition) is 3. The molecular weight excluding hydrogens is 228 g/mol. The zero-order chi connectivity index (χ0) is 13.1. The molecule has 0 unspecified atom stereocenters. The number of carbonyl (C=O) groups excluding carboxylic acids is 1. The number of piperidine rings is 1. The van der Waals surface area contributed by atoms with E-state index in [1.165, 1.54) is 19.4 Å². The number of carbonyl (C=O) groups is 1. The molecule has 1 aliphatic rings. The van der Waals surface area contributed by atoms with E-state index in [0.29, 0.717) is 17.7 Å². The van der Waals surface area contributed by atoms with Crippen molar-refractivity contribution in [2.45, 2.75) is 38.6 Å². The third-order valence-corrected chi connectivity index (χ3v) is 3.68. The van der Waals surface area contributed by atoms with Crippen molar-refractivity contribution in [1.82, 2.24) is 20.4 Å². The largest absolute Gasteiger partial charge is 0.354 e. The van der Waals surface area contributed by atoms with Gasteiger partial charge in [0.25, 0.3) is 5.91 Å². The minimum Gasteiger partial charge on any atom is -0.354 e. The molecule has 2 N–H and O–H groups in total. The summed E-state index contributed by atoms with van der Waals surface area (Å²) in [6.45, 7) is 6.67. The second-order valence-electron chi connectivity index (χ2n) is 5.22. The zero-order valence-corrected chi connectivity index (χ0v) is 11.4. The molecule has 0 saturated carbocycles. The fourth-order valence-corrected chi connectivity index (χ4v) is 2.52. The molecule has 0 aliphatic carbocycles. The first-order chi connectivity index (χ1) is 8.61. The summed E-state index contributed by atoms with van der Waals surface area (Å²) < 4.78 is 0. The monoisotopic (exact) mass is 250 g/mol. The number of nitrogens with zero attached hydrogens (tertiary/aromatic N) is 2. The first-order valence-electron chi connectivity index (χ1n) is 6.63. The second-order valence-corrected chi connectivity index (χ2v) is 5.22. The van der Waals surface area contributed by atoms with Gasteiger partial charge in [-0.2, -0.15) is 5.10 Å². The van der Waals surface area contributed by atoms with Gasteiger partial charge in [-0.25, -0.2) is 0 Å². The van der Waals surface area contributed by atoms with E-state index in [4.69, 9.17) is 0 Å². The van der Waals surface area contributed by atoms with Crippen molar-refractivity contribution in [2.24, 2.45) is 0 Å². The number of likely N-dealkylation sites (tertiary alicyclic amines) is 1. The van der Waals surface area contributed by atoms with Crippen LogP contribution in [0.2, 0.25) is 0 Å². The van der Waals surface area contributed by atoms with Crippen LogP contribution in [0.5, 0.6) is 0 Å². The molecule has 0 aromatic carbocycles. The SMILES string of the molecule is CNC(=O)c1cc([C@@H]2CCCN(C(C)C)C2)[nH]n1. The standard InChI is InChI=1S/C13H22N4O/c1-9(2)17-6-4-5-10(8-17)11-7-12(16-15-11)13(18)14-3/h7,9-10H,4-6,8H2,1-3H3,(H,14,18)(H,15,16)/t10-/m1/s1. The maximum Gasteiger partial charge on any atom is 0.271 e.